The van der Waals surface area contributed by atoms with Crippen LogP contribution < -0.4 is 25.2 Å². The maximum Gasteiger partial charge on any atom is 0.358 e. The summed E-state index contributed by atoms with van der Waals surface area (Å²) in [5.41, 5.74) is 8.39. The fourth-order valence-corrected chi connectivity index (χ4v) is 12.4. The van der Waals surface area contributed by atoms with Crippen molar-refractivity contribution in [2.24, 2.45) is 13.0 Å². The number of nitrogens with one attached hydrogen (secondary N) is 2. The Balaban J connectivity index is 0.673. The summed E-state index contributed by atoms with van der Waals surface area (Å²) in [6, 6.07) is 30.1. The second-order valence-electron chi connectivity index (χ2n) is 22.0. The molecule has 3 fully saturated rings. The Labute approximate surface area is 453 Å². The number of thiazole rings is 1. The molecular formula is C60H68N10O6S. The number of aromatic nitrogens is 4. The minimum atomic E-state index is -0.734. The van der Waals surface area contributed by atoms with E-state index in [1.165, 1.54) is 17.0 Å². The first-order chi connectivity index (χ1) is 37.2. The molecule has 0 bridgehead atoms. The van der Waals surface area contributed by atoms with Gasteiger partial charge in [0.25, 0.3) is 5.91 Å². The van der Waals surface area contributed by atoms with Crippen LogP contribution in [0.3, 0.4) is 0 Å². The number of piperazine rings is 1. The molecule has 4 aliphatic rings. The summed E-state index contributed by atoms with van der Waals surface area (Å²) in [7, 11) is 1.93. The molecule has 0 aliphatic carbocycles. The van der Waals surface area contributed by atoms with Crippen LogP contribution in [-0.2, 0) is 34.3 Å². The van der Waals surface area contributed by atoms with Crippen molar-refractivity contribution < 1.29 is 28.7 Å². The van der Waals surface area contributed by atoms with Crippen LogP contribution >= 0.6 is 11.3 Å². The third kappa shape index (κ3) is 11.4. The molecule has 77 heavy (non-hydrogen) atoms. The van der Waals surface area contributed by atoms with Gasteiger partial charge in [0.05, 0.1) is 34.0 Å². The van der Waals surface area contributed by atoms with E-state index < -0.39 is 17.5 Å². The number of amides is 3. The number of piperidine rings is 2. The van der Waals surface area contributed by atoms with Crippen LogP contribution in [0.5, 0.6) is 5.75 Å². The molecule has 3 aromatic heterocycles. The largest absolute Gasteiger partial charge is 0.493 e. The van der Waals surface area contributed by atoms with E-state index in [1.54, 1.807) is 0 Å². The van der Waals surface area contributed by atoms with Crippen molar-refractivity contribution in [1.29, 1.82) is 0 Å². The van der Waals surface area contributed by atoms with Crippen molar-refractivity contribution in [1.82, 2.24) is 34.9 Å². The zero-order valence-electron chi connectivity index (χ0n) is 44.8. The molecule has 2 N–H and O–H groups in total. The number of hydrogen-bond donors (Lipinski definition) is 2. The van der Waals surface area contributed by atoms with Crippen molar-refractivity contribution in [2.75, 3.05) is 80.6 Å². The van der Waals surface area contributed by atoms with Crippen molar-refractivity contribution >= 4 is 72.8 Å². The van der Waals surface area contributed by atoms with Gasteiger partial charge in [0.15, 0.2) is 10.8 Å². The smallest absolute Gasteiger partial charge is 0.358 e. The van der Waals surface area contributed by atoms with Crippen molar-refractivity contribution in [3.63, 3.8) is 0 Å². The van der Waals surface area contributed by atoms with Crippen LogP contribution in [0.25, 0.3) is 32.2 Å². The number of ether oxygens (including phenoxy) is 2. The average Bonchev–Trinajstić information content (AvgIpc) is 4.02. The highest BCUT2D eigenvalue weighted by Crippen LogP contribution is 2.37. The molecule has 0 spiro atoms. The number of para-hydroxylation sites is 1. The average molecular weight is 1060 g/mol. The summed E-state index contributed by atoms with van der Waals surface area (Å²) < 4.78 is 15.3. The van der Waals surface area contributed by atoms with Gasteiger partial charge in [-0.1, -0.05) is 47.7 Å². The zero-order valence-corrected chi connectivity index (χ0v) is 45.6. The molecule has 7 aromatic rings. The van der Waals surface area contributed by atoms with E-state index in [0.717, 1.165) is 126 Å². The number of benzene rings is 4. The number of rotatable bonds is 14. The van der Waals surface area contributed by atoms with Gasteiger partial charge in [-0.2, -0.15) is 5.10 Å². The fourth-order valence-electron chi connectivity index (χ4n) is 11.6. The SMILES string of the molecule is Cc1c(OCCCN2CCN(CC3CCN(c4ccc5c(C6CCC(=O)NC6=O)nn(C)c5c4)CC3)CC2)cccc1-c1ccc(N2CCc3cccc(C(=O)Nc4nc5ccccc5s4)c3C2)nc1C(=O)OC(C)(C)C. The van der Waals surface area contributed by atoms with Crippen LogP contribution in [0.1, 0.15) is 102 Å². The quantitative estimate of drug-likeness (QED) is 0.0602. The van der Waals surface area contributed by atoms with Gasteiger partial charge in [-0.05, 0) is 143 Å². The summed E-state index contributed by atoms with van der Waals surface area (Å²) in [6.07, 6.45) is 4.74. The lowest BCUT2D eigenvalue weighted by Crippen LogP contribution is -2.49. The van der Waals surface area contributed by atoms with E-state index in [1.807, 2.05) is 106 Å². The van der Waals surface area contributed by atoms with Gasteiger partial charge >= 0.3 is 5.97 Å². The summed E-state index contributed by atoms with van der Waals surface area (Å²) in [5.74, 6) is 0.495. The van der Waals surface area contributed by atoms with Gasteiger partial charge in [-0.15, -0.1) is 0 Å². The molecule has 4 aliphatic heterocycles. The predicted octanol–water partition coefficient (Wildman–Crippen LogP) is 9.15. The lowest BCUT2D eigenvalue weighted by Gasteiger charge is -2.39. The molecule has 11 rings (SSSR count). The highest BCUT2D eigenvalue weighted by Gasteiger charge is 2.33. The predicted molar refractivity (Wildman–Crippen MR) is 302 cm³/mol. The molecule has 7 heterocycles. The molecule has 0 saturated carbocycles. The summed E-state index contributed by atoms with van der Waals surface area (Å²) in [4.78, 5) is 71.7. The second-order valence-corrected chi connectivity index (χ2v) is 23.1. The number of fused-ring (bicyclic) bond motifs is 3. The molecule has 4 aromatic carbocycles. The summed E-state index contributed by atoms with van der Waals surface area (Å²) >= 11 is 1.45. The highest BCUT2D eigenvalue weighted by molar-refractivity contribution is 7.22. The number of esters is 1. The molecule has 17 heteroatoms. The van der Waals surface area contributed by atoms with Crippen molar-refractivity contribution in [2.45, 2.75) is 84.3 Å². The Kier molecular flexibility index (Phi) is 14.8. The highest BCUT2D eigenvalue weighted by atomic mass is 32.1. The van der Waals surface area contributed by atoms with Crippen molar-refractivity contribution in [3.8, 4) is 16.9 Å². The molecule has 400 valence electrons. The van der Waals surface area contributed by atoms with Crippen molar-refractivity contribution in [3.05, 3.63) is 125 Å². The van der Waals surface area contributed by atoms with E-state index in [0.29, 0.717) is 67.0 Å². The number of carbonyl (C=O) groups excluding carboxylic acids is 4. The number of anilines is 3. The summed E-state index contributed by atoms with van der Waals surface area (Å²) in [5, 5.41) is 11.8. The van der Waals surface area contributed by atoms with Crippen LogP contribution in [0.15, 0.2) is 91.0 Å². The first kappa shape index (κ1) is 51.9. The van der Waals surface area contributed by atoms with Gasteiger partial charge in [0, 0.05) is 101 Å². The minimum Gasteiger partial charge on any atom is -0.493 e. The molecule has 3 amide bonds. The molecular weight excluding hydrogens is 989 g/mol. The summed E-state index contributed by atoms with van der Waals surface area (Å²) in [6.45, 7) is 17.6. The molecule has 3 saturated heterocycles. The third-order valence-electron chi connectivity index (χ3n) is 15.7. The number of hydrogen-bond acceptors (Lipinski definition) is 14. The van der Waals surface area contributed by atoms with Gasteiger partial charge in [-0.3, -0.25) is 29.7 Å². The normalized spacial score (nSPS) is 17.9. The van der Waals surface area contributed by atoms with Crippen LogP contribution in [-0.4, -0.2) is 124 Å². The lowest BCUT2D eigenvalue weighted by atomic mass is 9.92. The van der Waals surface area contributed by atoms with Gasteiger partial charge in [-0.25, -0.2) is 14.8 Å². The van der Waals surface area contributed by atoms with E-state index >= 15 is 0 Å². The number of carbonyl (C=O) groups is 4. The minimum absolute atomic E-state index is 0.207. The maximum atomic E-state index is 14.1. The first-order valence-corrected chi connectivity index (χ1v) is 28.0. The van der Waals surface area contributed by atoms with E-state index in [-0.39, 0.29) is 23.4 Å². The Hall–Kier alpha value is -7.21. The third-order valence-corrected chi connectivity index (χ3v) is 16.6. The Morgan fingerprint density at radius 3 is 2.40 bits per heavy atom. The van der Waals surface area contributed by atoms with Crippen LogP contribution in [0, 0.1) is 12.8 Å². The van der Waals surface area contributed by atoms with Crippen LogP contribution in [0.4, 0.5) is 16.6 Å². The van der Waals surface area contributed by atoms with Gasteiger partial charge in [0.1, 0.15) is 17.2 Å². The Morgan fingerprint density at radius 2 is 1.61 bits per heavy atom. The Bertz CT molecular complexity index is 3330. The number of pyridine rings is 1. The number of imide groups is 1. The molecule has 16 nitrogen and oxygen atoms in total. The first-order valence-electron chi connectivity index (χ1n) is 27.2. The second kappa shape index (κ2) is 22.0. The Morgan fingerprint density at radius 1 is 0.818 bits per heavy atom. The van der Waals surface area contributed by atoms with E-state index in [4.69, 9.17) is 19.6 Å². The van der Waals surface area contributed by atoms with Gasteiger partial charge < -0.3 is 29.1 Å². The molecule has 1 unspecified atom stereocenters. The zero-order chi connectivity index (χ0) is 53.4. The monoisotopic (exact) mass is 1060 g/mol. The lowest BCUT2D eigenvalue weighted by molar-refractivity contribution is -0.134. The molecule has 0 radical (unpaired) electrons. The van der Waals surface area contributed by atoms with E-state index in [2.05, 4.69) is 59.5 Å². The maximum absolute atomic E-state index is 14.1. The fraction of sp³-hybridized carbons (Fsp3) is 0.417. The number of aryl methyl sites for hydroxylation is 1. The molecule has 1 atom stereocenters. The number of nitrogens with zero attached hydrogens (tertiary/aromatic N) is 8. The topological polar surface area (TPSA) is 167 Å². The standard InChI is InChI=1S/C60H68N10O6S/c1-38-42(43-19-21-52(62-55(43)58(74)76-60(2,3)4)70-29-25-40-11-8-13-44(47(40)37-70)56(72)64-59-61-48-14-6-7-16-51(48)77-59)12-9-15-50(38)75-34-10-26-67-30-32-68(33-31-67)36-39-23-27-69(28-24-39)41-17-18-45-49(35-41)66(5)65-54(45)46-20-22-53(71)63-57(46)73/h6-9,11-19,21,35,39,46H,10,20,22-34,36-37H2,1-5H3,(H,61,64,72)(H,63,71,73). The van der Waals surface area contributed by atoms with Crippen LogP contribution in [0.2, 0.25) is 0 Å². The van der Waals surface area contributed by atoms with E-state index in [9.17, 15) is 19.2 Å². The van der Waals surface area contributed by atoms with Gasteiger partial charge in [0.2, 0.25) is 11.8 Å².